The number of hydrogen-bond donors (Lipinski definition) is 2. The van der Waals surface area contributed by atoms with Gasteiger partial charge in [-0.25, -0.2) is 4.98 Å². The summed E-state index contributed by atoms with van der Waals surface area (Å²) in [5, 5.41) is 11.4. The summed E-state index contributed by atoms with van der Waals surface area (Å²) in [5.74, 6) is -0.0746. The van der Waals surface area contributed by atoms with E-state index in [1.165, 1.54) is 0 Å². The second-order valence-corrected chi connectivity index (χ2v) is 7.49. The second-order valence-electron chi connectivity index (χ2n) is 6.61. The zero-order valence-corrected chi connectivity index (χ0v) is 15.9. The Bertz CT molecular complexity index is 1280. The van der Waals surface area contributed by atoms with Crippen molar-refractivity contribution in [1.82, 2.24) is 15.2 Å². The number of aryl methyl sites for hydroxylation is 1. The van der Waals surface area contributed by atoms with Crippen LogP contribution in [0.4, 0.5) is 5.69 Å². The summed E-state index contributed by atoms with van der Waals surface area (Å²) in [7, 11) is 0. The van der Waals surface area contributed by atoms with Crippen LogP contribution in [-0.4, -0.2) is 21.1 Å². The van der Waals surface area contributed by atoms with Gasteiger partial charge >= 0.3 is 0 Å². The van der Waals surface area contributed by atoms with Crippen molar-refractivity contribution in [1.29, 1.82) is 0 Å². The Morgan fingerprint density at radius 1 is 1.11 bits per heavy atom. The highest BCUT2D eigenvalue weighted by molar-refractivity contribution is 7.10. The van der Waals surface area contributed by atoms with E-state index in [-0.39, 0.29) is 5.91 Å². The fraction of sp³-hybridized carbons (Fsp3) is 0.0455. The Morgan fingerprint density at radius 3 is 2.86 bits per heavy atom. The van der Waals surface area contributed by atoms with Crippen molar-refractivity contribution < 1.29 is 4.79 Å². The zero-order chi connectivity index (χ0) is 19.1. The van der Waals surface area contributed by atoms with Crippen molar-refractivity contribution in [2.75, 3.05) is 5.32 Å². The molecule has 4 aromatic rings. The number of para-hydroxylation sites is 1. The molecule has 1 amide bonds. The topological polar surface area (TPSA) is 70.7 Å². The molecule has 0 fully saturated rings. The van der Waals surface area contributed by atoms with Gasteiger partial charge in [-0.15, -0.1) is 11.3 Å². The predicted molar refractivity (Wildman–Crippen MR) is 115 cm³/mol. The van der Waals surface area contributed by atoms with E-state index in [4.69, 9.17) is 0 Å². The molecule has 28 heavy (non-hydrogen) atoms. The molecular weight excluding hydrogens is 368 g/mol. The number of fused-ring (bicyclic) bond motifs is 2. The third kappa shape index (κ3) is 2.84. The van der Waals surface area contributed by atoms with Gasteiger partial charge in [-0.3, -0.25) is 9.89 Å². The third-order valence-corrected chi connectivity index (χ3v) is 5.71. The van der Waals surface area contributed by atoms with Gasteiger partial charge in [0.2, 0.25) is 0 Å². The second kappa shape index (κ2) is 6.58. The number of benzene rings is 2. The molecule has 0 saturated carbocycles. The highest BCUT2D eigenvalue weighted by Crippen LogP contribution is 2.33. The molecule has 0 bridgehead atoms. The largest absolute Gasteiger partial charge is 0.321 e. The van der Waals surface area contributed by atoms with Crippen molar-refractivity contribution >= 4 is 57.6 Å². The summed E-state index contributed by atoms with van der Waals surface area (Å²) < 4.78 is 0. The molecule has 5 nitrogen and oxygen atoms in total. The van der Waals surface area contributed by atoms with E-state index in [0.29, 0.717) is 5.57 Å². The number of rotatable bonds is 3. The quantitative estimate of drug-likeness (QED) is 0.489. The van der Waals surface area contributed by atoms with Crippen LogP contribution in [0.25, 0.3) is 34.7 Å². The lowest BCUT2D eigenvalue weighted by Gasteiger charge is -1.99. The number of thiazole rings is 1. The van der Waals surface area contributed by atoms with Gasteiger partial charge in [-0.2, -0.15) is 5.10 Å². The van der Waals surface area contributed by atoms with Gasteiger partial charge in [-0.05, 0) is 48.9 Å². The number of anilines is 1. The number of carbonyl (C=O) groups is 1. The maximum atomic E-state index is 12.3. The van der Waals surface area contributed by atoms with Crippen LogP contribution in [0.2, 0.25) is 0 Å². The molecule has 0 radical (unpaired) electrons. The van der Waals surface area contributed by atoms with E-state index in [2.05, 4.69) is 20.5 Å². The Morgan fingerprint density at radius 2 is 2.00 bits per heavy atom. The molecule has 1 aliphatic heterocycles. The van der Waals surface area contributed by atoms with E-state index in [1.807, 2.05) is 73.1 Å². The van der Waals surface area contributed by atoms with Crippen molar-refractivity contribution in [3.05, 3.63) is 75.4 Å². The van der Waals surface area contributed by atoms with E-state index in [9.17, 15) is 4.79 Å². The number of nitrogens with one attached hydrogen (secondary N) is 2. The first kappa shape index (κ1) is 16.6. The summed E-state index contributed by atoms with van der Waals surface area (Å²) in [6.45, 7) is 2.00. The van der Waals surface area contributed by atoms with E-state index < -0.39 is 0 Å². The molecule has 0 spiro atoms. The first-order valence-electron chi connectivity index (χ1n) is 8.88. The fourth-order valence-corrected chi connectivity index (χ4v) is 4.04. The van der Waals surface area contributed by atoms with E-state index in [0.717, 1.165) is 44.0 Å². The molecule has 2 aromatic heterocycles. The average molecular weight is 384 g/mol. The Kier molecular flexibility index (Phi) is 3.91. The van der Waals surface area contributed by atoms with Gasteiger partial charge in [-0.1, -0.05) is 24.3 Å². The number of nitrogens with zero attached hydrogens (tertiary/aromatic N) is 2. The van der Waals surface area contributed by atoms with Crippen LogP contribution in [0, 0.1) is 6.92 Å². The zero-order valence-electron chi connectivity index (χ0n) is 15.1. The molecule has 1 aliphatic rings. The lowest BCUT2D eigenvalue weighted by atomic mass is 10.0. The first-order valence-corrected chi connectivity index (χ1v) is 9.76. The van der Waals surface area contributed by atoms with Crippen molar-refractivity contribution in [3.8, 4) is 0 Å². The molecule has 2 N–H and O–H groups in total. The van der Waals surface area contributed by atoms with Gasteiger partial charge in [0.05, 0.1) is 22.4 Å². The van der Waals surface area contributed by atoms with Crippen LogP contribution in [-0.2, 0) is 4.79 Å². The van der Waals surface area contributed by atoms with Gasteiger partial charge in [0.15, 0.2) is 0 Å². The molecule has 6 heteroatoms. The van der Waals surface area contributed by atoms with Crippen LogP contribution >= 0.6 is 11.3 Å². The summed E-state index contributed by atoms with van der Waals surface area (Å²) >= 11 is 1.61. The monoisotopic (exact) mass is 384 g/mol. The minimum Gasteiger partial charge on any atom is -0.321 e. The number of aromatic amines is 1. The maximum absolute atomic E-state index is 12.3. The SMILES string of the molecule is Cc1ncsc1C=Cc1n[nH]c2cc(C=C3C(=O)Nc4ccccc43)ccc12. The van der Waals surface area contributed by atoms with Crippen LogP contribution < -0.4 is 5.32 Å². The van der Waals surface area contributed by atoms with Crippen LogP contribution in [0.15, 0.2) is 48.0 Å². The van der Waals surface area contributed by atoms with Crippen LogP contribution in [0.5, 0.6) is 0 Å². The average Bonchev–Trinajstić information content (AvgIpc) is 3.38. The highest BCUT2D eigenvalue weighted by atomic mass is 32.1. The minimum atomic E-state index is -0.0746. The van der Waals surface area contributed by atoms with E-state index >= 15 is 0 Å². The lowest BCUT2D eigenvalue weighted by Crippen LogP contribution is -2.03. The number of carbonyl (C=O) groups excluding carboxylic acids is 1. The molecular formula is C22H16N4OS. The number of aromatic nitrogens is 3. The van der Waals surface area contributed by atoms with E-state index in [1.54, 1.807) is 11.3 Å². The number of H-pyrrole nitrogens is 1. The molecule has 3 heterocycles. The third-order valence-electron chi connectivity index (χ3n) is 4.81. The molecule has 0 unspecified atom stereocenters. The van der Waals surface area contributed by atoms with Gasteiger partial charge < -0.3 is 5.32 Å². The molecule has 0 aliphatic carbocycles. The van der Waals surface area contributed by atoms with Crippen molar-refractivity contribution in [3.63, 3.8) is 0 Å². The smallest absolute Gasteiger partial charge is 0.256 e. The number of hydrogen-bond acceptors (Lipinski definition) is 4. The Balaban J connectivity index is 1.50. The maximum Gasteiger partial charge on any atom is 0.256 e. The Labute approximate surface area is 165 Å². The summed E-state index contributed by atoms with van der Waals surface area (Å²) in [6.07, 6.45) is 5.95. The molecule has 0 atom stereocenters. The standard InChI is InChI=1S/C22H16N4OS/c1-13-21(28-12-23-13)9-8-19-16-7-6-14(11-20(16)26-25-19)10-17-15-4-2-3-5-18(15)24-22(17)27/h2-12H,1H3,(H,24,27)(H,25,26). The van der Waals surface area contributed by atoms with Crippen molar-refractivity contribution in [2.45, 2.75) is 6.92 Å². The van der Waals surface area contributed by atoms with Gasteiger partial charge in [0.1, 0.15) is 0 Å². The summed E-state index contributed by atoms with van der Waals surface area (Å²) in [5.41, 5.74) is 8.09. The molecule has 5 rings (SSSR count). The van der Waals surface area contributed by atoms with Gasteiger partial charge in [0.25, 0.3) is 5.91 Å². The minimum absolute atomic E-state index is 0.0746. The Hall–Kier alpha value is -3.51. The fourth-order valence-electron chi connectivity index (χ4n) is 3.35. The van der Waals surface area contributed by atoms with Gasteiger partial charge in [0, 0.05) is 27.1 Å². The molecule has 0 saturated heterocycles. The summed E-state index contributed by atoms with van der Waals surface area (Å²) in [6, 6.07) is 13.8. The normalized spacial score (nSPS) is 14.9. The summed E-state index contributed by atoms with van der Waals surface area (Å²) in [4.78, 5) is 17.7. The lowest BCUT2D eigenvalue weighted by molar-refractivity contribution is -0.110. The van der Waals surface area contributed by atoms with Crippen LogP contribution in [0.3, 0.4) is 0 Å². The van der Waals surface area contributed by atoms with Crippen molar-refractivity contribution in [2.24, 2.45) is 0 Å². The molecule has 136 valence electrons. The first-order chi connectivity index (χ1) is 13.7. The van der Waals surface area contributed by atoms with Crippen LogP contribution in [0.1, 0.15) is 27.4 Å². The predicted octanol–water partition coefficient (Wildman–Crippen LogP) is 4.99. The molecule has 2 aromatic carbocycles. The number of amides is 1. The highest BCUT2D eigenvalue weighted by Gasteiger charge is 2.23.